The molecule has 1 amide bonds. The molecule has 11 heteroatoms. The molecular weight excluding hydrogens is 348 g/mol. The fraction of sp³-hybridized carbons (Fsp3) is 0.385. The zero-order chi connectivity index (χ0) is 18.5. The Labute approximate surface area is 131 Å². The van der Waals surface area contributed by atoms with E-state index >= 15 is 0 Å². The zero-order valence-electron chi connectivity index (χ0n) is 11.7. The summed E-state index contributed by atoms with van der Waals surface area (Å²) >= 11 is 0. The lowest BCUT2D eigenvalue weighted by molar-refractivity contribution is -0.274. The number of carbonyl (C=O) groups is 2. The number of aliphatic carboxylic acids is 1. The van der Waals surface area contributed by atoms with Crippen LogP contribution in [0.25, 0.3) is 0 Å². The number of nitrogens with one attached hydrogen (secondary N) is 1. The first-order valence-electron chi connectivity index (χ1n) is 6.29. The van der Waals surface area contributed by atoms with Crippen molar-refractivity contribution in [2.75, 3.05) is 0 Å². The highest BCUT2D eigenvalue weighted by molar-refractivity contribution is 5.84. The van der Waals surface area contributed by atoms with E-state index in [0.717, 1.165) is 24.3 Å². The van der Waals surface area contributed by atoms with Crippen molar-refractivity contribution in [1.82, 2.24) is 5.32 Å². The molecule has 134 valence electrons. The molecule has 1 aromatic rings. The number of hydrogen-bond donors (Lipinski definition) is 2. The lowest BCUT2D eigenvalue weighted by Gasteiger charge is -2.16. The van der Waals surface area contributed by atoms with E-state index in [9.17, 15) is 35.9 Å². The minimum Gasteiger partial charge on any atom is -0.480 e. The number of rotatable bonds is 6. The molecule has 0 aliphatic carbocycles. The van der Waals surface area contributed by atoms with E-state index in [1.807, 2.05) is 0 Å². The molecular formula is C13H11F6NO4. The Kier molecular flexibility index (Phi) is 6.04. The molecule has 0 bridgehead atoms. The van der Waals surface area contributed by atoms with Crippen molar-refractivity contribution in [3.8, 4) is 5.75 Å². The fourth-order valence-corrected chi connectivity index (χ4v) is 1.67. The molecule has 0 saturated heterocycles. The van der Waals surface area contributed by atoms with Crippen LogP contribution in [0.4, 0.5) is 26.3 Å². The Morgan fingerprint density at radius 3 is 2.04 bits per heavy atom. The van der Waals surface area contributed by atoms with Gasteiger partial charge in [-0.05, 0) is 17.7 Å². The Bertz CT molecular complexity index is 582. The summed E-state index contributed by atoms with van der Waals surface area (Å²) in [6.07, 6.45) is -11.9. The molecule has 0 aliphatic rings. The second-order valence-corrected chi connectivity index (χ2v) is 4.65. The highest BCUT2D eigenvalue weighted by Crippen LogP contribution is 2.23. The van der Waals surface area contributed by atoms with E-state index in [0.29, 0.717) is 0 Å². The second-order valence-electron chi connectivity index (χ2n) is 4.65. The van der Waals surface area contributed by atoms with Crippen LogP contribution in [0.5, 0.6) is 5.75 Å². The van der Waals surface area contributed by atoms with Crippen LogP contribution in [0.2, 0.25) is 0 Å². The molecule has 0 spiro atoms. The first kappa shape index (κ1) is 19.6. The molecule has 0 heterocycles. The summed E-state index contributed by atoms with van der Waals surface area (Å²) in [5.74, 6) is -3.40. The monoisotopic (exact) mass is 359 g/mol. The van der Waals surface area contributed by atoms with E-state index < -0.39 is 49.0 Å². The highest BCUT2D eigenvalue weighted by atomic mass is 19.4. The van der Waals surface area contributed by atoms with E-state index in [1.54, 1.807) is 5.32 Å². The number of carbonyl (C=O) groups excluding carboxylic acids is 1. The minimum atomic E-state index is -4.88. The van der Waals surface area contributed by atoms with Crippen molar-refractivity contribution >= 4 is 11.9 Å². The third kappa shape index (κ3) is 7.70. The van der Waals surface area contributed by atoms with Gasteiger partial charge in [0.05, 0.1) is 12.8 Å². The number of alkyl halides is 6. The summed E-state index contributed by atoms with van der Waals surface area (Å²) in [5, 5.41) is 10.4. The largest absolute Gasteiger partial charge is 0.573 e. The Morgan fingerprint density at radius 2 is 1.62 bits per heavy atom. The maximum atomic E-state index is 12.2. The summed E-state index contributed by atoms with van der Waals surface area (Å²) in [6.45, 7) is 0. The maximum absolute atomic E-state index is 12.2. The van der Waals surface area contributed by atoms with Crippen LogP contribution >= 0.6 is 0 Å². The van der Waals surface area contributed by atoms with Gasteiger partial charge in [-0.15, -0.1) is 13.2 Å². The summed E-state index contributed by atoms with van der Waals surface area (Å²) in [5.41, 5.74) is 0.165. The number of benzene rings is 1. The highest BCUT2D eigenvalue weighted by Gasteiger charge is 2.36. The van der Waals surface area contributed by atoms with Gasteiger partial charge in [0.25, 0.3) is 0 Å². The quantitative estimate of drug-likeness (QED) is 0.766. The molecule has 1 atom stereocenters. The first-order valence-corrected chi connectivity index (χ1v) is 6.29. The molecule has 1 unspecified atom stereocenters. The van der Waals surface area contributed by atoms with Crippen molar-refractivity contribution in [1.29, 1.82) is 0 Å². The number of halogens is 6. The summed E-state index contributed by atoms with van der Waals surface area (Å²) in [4.78, 5) is 22.3. The fourth-order valence-electron chi connectivity index (χ4n) is 1.67. The predicted octanol–water partition coefficient (Wildman–Crippen LogP) is 2.65. The van der Waals surface area contributed by atoms with Crippen LogP contribution < -0.4 is 10.1 Å². The summed E-state index contributed by atoms with van der Waals surface area (Å²) < 4.78 is 76.1. The first-order chi connectivity index (χ1) is 10.9. The van der Waals surface area contributed by atoms with Gasteiger partial charge in [0.15, 0.2) is 0 Å². The second kappa shape index (κ2) is 7.41. The molecule has 0 radical (unpaired) electrons. The molecule has 5 nitrogen and oxygen atoms in total. The van der Waals surface area contributed by atoms with E-state index in [1.165, 1.54) is 0 Å². The van der Waals surface area contributed by atoms with Crippen LogP contribution in [-0.2, 0) is 16.0 Å². The zero-order valence-corrected chi connectivity index (χ0v) is 11.7. The van der Waals surface area contributed by atoms with Gasteiger partial charge < -0.3 is 15.2 Å². The molecule has 0 fully saturated rings. The topological polar surface area (TPSA) is 75.6 Å². The maximum Gasteiger partial charge on any atom is 0.573 e. The van der Waals surface area contributed by atoms with Gasteiger partial charge in [0.1, 0.15) is 11.8 Å². The molecule has 1 aromatic carbocycles. The van der Waals surface area contributed by atoms with Gasteiger partial charge in [-0.1, -0.05) is 12.1 Å². The van der Waals surface area contributed by atoms with Gasteiger partial charge in [0, 0.05) is 0 Å². The normalized spacial score (nSPS) is 13.2. The number of hydrogen-bond acceptors (Lipinski definition) is 3. The van der Waals surface area contributed by atoms with Crippen molar-refractivity contribution in [3.63, 3.8) is 0 Å². The van der Waals surface area contributed by atoms with Crippen LogP contribution in [0.1, 0.15) is 12.0 Å². The van der Waals surface area contributed by atoms with Gasteiger partial charge in [-0.3, -0.25) is 4.79 Å². The SMILES string of the molecule is O=C(Cc1ccc(OC(F)(F)F)cc1)NC(CC(F)(F)F)C(=O)O. The van der Waals surface area contributed by atoms with Crippen LogP contribution in [0.15, 0.2) is 24.3 Å². The molecule has 24 heavy (non-hydrogen) atoms. The number of amides is 1. The van der Waals surface area contributed by atoms with E-state index in [4.69, 9.17) is 5.11 Å². The number of carboxylic acid groups (broad SMARTS) is 1. The Hall–Kier alpha value is -2.46. The van der Waals surface area contributed by atoms with E-state index in [2.05, 4.69) is 4.74 Å². The van der Waals surface area contributed by atoms with Crippen LogP contribution in [-0.4, -0.2) is 35.6 Å². The minimum absolute atomic E-state index is 0.165. The number of carboxylic acids is 1. The molecule has 2 N–H and O–H groups in total. The van der Waals surface area contributed by atoms with Crippen molar-refractivity contribution < 1.29 is 45.8 Å². The molecule has 0 saturated carbocycles. The smallest absolute Gasteiger partial charge is 0.480 e. The van der Waals surface area contributed by atoms with Crippen molar-refractivity contribution in [2.45, 2.75) is 31.4 Å². The Morgan fingerprint density at radius 1 is 1.08 bits per heavy atom. The average molecular weight is 359 g/mol. The van der Waals surface area contributed by atoms with Crippen LogP contribution in [0.3, 0.4) is 0 Å². The summed E-state index contributed by atoms with van der Waals surface area (Å²) in [7, 11) is 0. The third-order valence-corrected chi connectivity index (χ3v) is 2.59. The van der Waals surface area contributed by atoms with Gasteiger partial charge in [0.2, 0.25) is 5.91 Å². The van der Waals surface area contributed by atoms with Crippen LogP contribution in [0, 0.1) is 0 Å². The van der Waals surface area contributed by atoms with Gasteiger partial charge in [-0.25, -0.2) is 4.79 Å². The predicted molar refractivity (Wildman–Crippen MR) is 67.1 cm³/mol. The average Bonchev–Trinajstić information content (AvgIpc) is 2.37. The third-order valence-electron chi connectivity index (χ3n) is 2.59. The standard InChI is InChI=1S/C13H11F6NO4/c14-12(15,16)6-9(11(22)23)20-10(21)5-7-1-3-8(4-2-7)24-13(17,18)19/h1-4,9H,5-6H2,(H,20,21)(H,22,23). The molecule has 0 aromatic heterocycles. The lowest BCUT2D eigenvalue weighted by Crippen LogP contribution is -2.44. The molecule has 1 rings (SSSR count). The number of ether oxygens (including phenoxy) is 1. The van der Waals surface area contributed by atoms with Gasteiger partial charge >= 0.3 is 18.5 Å². The van der Waals surface area contributed by atoms with Gasteiger partial charge in [-0.2, -0.15) is 13.2 Å². The lowest BCUT2D eigenvalue weighted by atomic mass is 10.1. The van der Waals surface area contributed by atoms with Crippen molar-refractivity contribution in [3.05, 3.63) is 29.8 Å². The molecule has 0 aliphatic heterocycles. The Balaban J connectivity index is 2.65. The van der Waals surface area contributed by atoms with E-state index in [-0.39, 0.29) is 5.56 Å². The summed E-state index contributed by atoms with van der Waals surface area (Å²) in [6, 6.07) is 1.88. The van der Waals surface area contributed by atoms with Crippen molar-refractivity contribution in [2.24, 2.45) is 0 Å².